The molecule has 0 aromatic carbocycles. The van der Waals surface area contributed by atoms with Gasteiger partial charge in [-0.15, -0.1) is 0 Å². The monoisotopic (exact) mass is 1350 g/mol. The molecule has 0 spiro atoms. The number of carbonyl (C=O) groups excluding carboxylic acids is 4. The molecular formula is C73H142O17P2. The molecule has 0 heterocycles. The highest BCUT2D eigenvalue weighted by Gasteiger charge is 2.30. The van der Waals surface area contributed by atoms with Crippen LogP contribution in [0.2, 0.25) is 0 Å². The minimum Gasteiger partial charge on any atom is -0.462 e. The third kappa shape index (κ3) is 66.7. The van der Waals surface area contributed by atoms with Crippen molar-refractivity contribution in [2.24, 2.45) is 0 Å². The molecule has 5 atom stereocenters. The van der Waals surface area contributed by atoms with E-state index in [4.69, 9.17) is 37.0 Å². The highest BCUT2D eigenvalue weighted by Crippen LogP contribution is 2.45. The van der Waals surface area contributed by atoms with E-state index in [-0.39, 0.29) is 25.7 Å². The summed E-state index contributed by atoms with van der Waals surface area (Å²) in [6, 6.07) is 0. The second-order valence-electron chi connectivity index (χ2n) is 26.3. The molecule has 0 rings (SSSR count). The van der Waals surface area contributed by atoms with Crippen LogP contribution < -0.4 is 0 Å². The molecule has 0 saturated carbocycles. The van der Waals surface area contributed by atoms with E-state index in [9.17, 15) is 43.2 Å². The molecule has 0 amide bonds. The highest BCUT2D eigenvalue weighted by molar-refractivity contribution is 7.47. The van der Waals surface area contributed by atoms with Crippen LogP contribution in [0.4, 0.5) is 0 Å². The molecule has 92 heavy (non-hydrogen) atoms. The van der Waals surface area contributed by atoms with Gasteiger partial charge >= 0.3 is 39.5 Å². The SMILES string of the molecule is CCCCCCCCCCCCCCCCCCCCCC(=O)O[C@H](COC(=O)CCCCCCCCCCCCCCCCC)COP(=O)(O)OC[C@@H](O)COP(=O)(O)OC[C@@H](COC(=O)CCCCCCC)OC(=O)CCCCCCCCCCCCCCC. The van der Waals surface area contributed by atoms with Gasteiger partial charge in [0.05, 0.1) is 26.4 Å². The number of ether oxygens (including phenoxy) is 4. The molecule has 0 saturated heterocycles. The van der Waals surface area contributed by atoms with Crippen molar-refractivity contribution in [3.05, 3.63) is 0 Å². The Hall–Kier alpha value is -1.94. The second kappa shape index (κ2) is 67.6. The van der Waals surface area contributed by atoms with Gasteiger partial charge in [0.2, 0.25) is 0 Å². The van der Waals surface area contributed by atoms with E-state index < -0.39 is 97.5 Å². The number of rotatable bonds is 74. The first-order valence-electron chi connectivity index (χ1n) is 38.3. The Labute approximate surface area is 562 Å². The molecule has 2 unspecified atom stereocenters. The summed E-state index contributed by atoms with van der Waals surface area (Å²) < 4.78 is 68.2. The van der Waals surface area contributed by atoms with Crippen LogP contribution in [0.5, 0.6) is 0 Å². The molecule has 0 fully saturated rings. The predicted octanol–water partition coefficient (Wildman–Crippen LogP) is 21.4. The maximum atomic E-state index is 13.0. The van der Waals surface area contributed by atoms with Gasteiger partial charge in [-0.25, -0.2) is 9.13 Å². The van der Waals surface area contributed by atoms with Crippen LogP contribution in [0.1, 0.15) is 387 Å². The number of unbranched alkanes of at least 4 members (excludes halogenated alkanes) is 48. The summed E-state index contributed by atoms with van der Waals surface area (Å²) in [6.45, 7) is 4.89. The van der Waals surface area contributed by atoms with Crippen LogP contribution in [0, 0.1) is 0 Å². The van der Waals surface area contributed by atoms with Crippen molar-refractivity contribution in [2.75, 3.05) is 39.6 Å². The van der Waals surface area contributed by atoms with Gasteiger partial charge in [-0.1, -0.05) is 336 Å². The van der Waals surface area contributed by atoms with Gasteiger partial charge in [-0.2, -0.15) is 0 Å². The lowest BCUT2D eigenvalue weighted by molar-refractivity contribution is -0.161. The number of hydrogen-bond donors (Lipinski definition) is 3. The third-order valence-electron chi connectivity index (χ3n) is 17.1. The first kappa shape index (κ1) is 90.1. The van der Waals surface area contributed by atoms with Crippen molar-refractivity contribution in [3.63, 3.8) is 0 Å². The minimum absolute atomic E-state index is 0.107. The predicted molar refractivity (Wildman–Crippen MR) is 372 cm³/mol. The maximum absolute atomic E-state index is 13.0. The number of phosphoric ester groups is 2. The Bertz CT molecular complexity index is 1760. The minimum atomic E-state index is -4.95. The smallest absolute Gasteiger partial charge is 0.462 e. The van der Waals surface area contributed by atoms with Crippen molar-refractivity contribution in [2.45, 2.75) is 406 Å². The first-order chi connectivity index (χ1) is 44.7. The lowest BCUT2D eigenvalue weighted by atomic mass is 10.0. The zero-order valence-corrected chi connectivity index (χ0v) is 61.3. The van der Waals surface area contributed by atoms with Gasteiger partial charge in [-0.05, 0) is 25.7 Å². The fraction of sp³-hybridized carbons (Fsp3) is 0.945. The van der Waals surface area contributed by atoms with Crippen LogP contribution in [0.3, 0.4) is 0 Å². The van der Waals surface area contributed by atoms with Crippen molar-refractivity contribution in [1.82, 2.24) is 0 Å². The lowest BCUT2D eigenvalue weighted by Gasteiger charge is -2.21. The molecule has 0 aromatic rings. The number of esters is 4. The summed E-state index contributed by atoms with van der Waals surface area (Å²) in [5, 5.41) is 10.6. The van der Waals surface area contributed by atoms with Crippen molar-refractivity contribution in [1.29, 1.82) is 0 Å². The maximum Gasteiger partial charge on any atom is 0.472 e. The fourth-order valence-corrected chi connectivity index (χ4v) is 12.8. The largest absolute Gasteiger partial charge is 0.472 e. The Morgan fingerprint density at radius 1 is 0.261 bits per heavy atom. The zero-order valence-electron chi connectivity index (χ0n) is 59.5. The van der Waals surface area contributed by atoms with Gasteiger partial charge in [-0.3, -0.25) is 37.3 Å². The Morgan fingerprint density at radius 2 is 0.435 bits per heavy atom. The Balaban J connectivity index is 5.14. The van der Waals surface area contributed by atoms with Gasteiger partial charge in [0, 0.05) is 25.7 Å². The third-order valence-corrected chi connectivity index (χ3v) is 19.0. The van der Waals surface area contributed by atoms with E-state index in [2.05, 4.69) is 27.7 Å². The lowest BCUT2D eigenvalue weighted by Crippen LogP contribution is -2.30. The van der Waals surface area contributed by atoms with Crippen LogP contribution in [-0.2, 0) is 65.4 Å². The average Bonchev–Trinajstić information content (AvgIpc) is 2.34. The van der Waals surface area contributed by atoms with Gasteiger partial charge < -0.3 is 33.8 Å². The topological polar surface area (TPSA) is 237 Å². The van der Waals surface area contributed by atoms with Crippen LogP contribution in [0.15, 0.2) is 0 Å². The molecule has 17 nitrogen and oxygen atoms in total. The van der Waals surface area contributed by atoms with Crippen molar-refractivity contribution in [3.8, 4) is 0 Å². The molecule has 0 aromatic heterocycles. The molecular weight excluding hydrogens is 1210 g/mol. The van der Waals surface area contributed by atoms with E-state index in [0.29, 0.717) is 25.7 Å². The number of carbonyl (C=O) groups is 4. The van der Waals surface area contributed by atoms with E-state index in [0.717, 1.165) is 96.3 Å². The van der Waals surface area contributed by atoms with Gasteiger partial charge in [0.15, 0.2) is 12.2 Å². The molecule has 3 N–H and O–H groups in total. The Kier molecular flexibility index (Phi) is 66.2. The molecule has 0 aliphatic heterocycles. The summed E-state index contributed by atoms with van der Waals surface area (Å²) in [7, 11) is -9.89. The standard InChI is InChI=1S/C73H142O17P2/c1-5-9-13-17-20-23-26-29-31-32-33-34-36-39-42-45-48-52-56-60-73(78)90-69(64-84-71(76)58-54-50-46-43-40-38-35-30-27-24-21-18-14-10-6-2)66-88-92(81,82)86-62-67(74)61-85-91(79,80)87-65-68(63-83-70(75)57-53-49-16-12-8-4)89-72(77)59-55-51-47-44-41-37-28-25-22-19-15-11-7-3/h67-69,74H,5-66H2,1-4H3,(H,79,80)(H,81,82)/t67-,68+,69+/m0/s1. The van der Waals surface area contributed by atoms with E-state index >= 15 is 0 Å². The fourth-order valence-electron chi connectivity index (χ4n) is 11.2. The number of phosphoric acid groups is 2. The molecule has 19 heteroatoms. The zero-order chi connectivity index (χ0) is 67.5. The Morgan fingerprint density at radius 3 is 0.641 bits per heavy atom. The average molecular weight is 1350 g/mol. The molecule has 546 valence electrons. The van der Waals surface area contributed by atoms with Gasteiger partial charge in [0.1, 0.15) is 19.3 Å². The normalized spacial score (nSPS) is 13.9. The molecule has 0 bridgehead atoms. The number of aliphatic hydroxyl groups excluding tert-OH is 1. The second-order valence-corrected chi connectivity index (χ2v) is 29.2. The molecule has 0 aliphatic rings. The van der Waals surface area contributed by atoms with E-state index in [1.54, 1.807) is 0 Å². The van der Waals surface area contributed by atoms with Gasteiger partial charge in [0.25, 0.3) is 0 Å². The van der Waals surface area contributed by atoms with Crippen LogP contribution >= 0.6 is 15.6 Å². The van der Waals surface area contributed by atoms with Crippen LogP contribution in [-0.4, -0.2) is 96.7 Å². The van der Waals surface area contributed by atoms with Crippen molar-refractivity contribution < 1.29 is 80.2 Å². The molecule has 0 aliphatic carbocycles. The summed E-state index contributed by atoms with van der Waals surface area (Å²) >= 11 is 0. The van der Waals surface area contributed by atoms with E-state index in [1.807, 2.05) is 0 Å². The van der Waals surface area contributed by atoms with Crippen LogP contribution in [0.25, 0.3) is 0 Å². The summed E-state index contributed by atoms with van der Waals surface area (Å²) in [5.74, 6) is -2.13. The summed E-state index contributed by atoms with van der Waals surface area (Å²) in [6.07, 6.45) is 57.2. The van der Waals surface area contributed by atoms with E-state index in [1.165, 1.54) is 212 Å². The quantitative estimate of drug-likeness (QED) is 0.0222. The summed E-state index contributed by atoms with van der Waals surface area (Å²) in [5.41, 5.74) is 0. The summed E-state index contributed by atoms with van der Waals surface area (Å²) in [4.78, 5) is 72.4. The van der Waals surface area contributed by atoms with Crippen molar-refractivity contribution >= 4 is 39.5 Å². The number of aliphatic hydroxyl groups is 1. The first-order valence-corrected chi connectivity index (χ1v) is 41.3. The molecule has 0 radical (unpaired) electrons. The highest BCUT2D eigenvalue weighted by atomic mass is 31.2. The number of hydrogen-bond acceptors (Lipinski definition) is 15.